The fourth-order valence-electron chi connectivity index (χ4n) is 1.76. The lowest BCUT2D eigenvalue weighted by atomic mass is 10.00. The summed E-state index contributed by atoms with van der Waals surface area (Å²) in [6.45, 7) is 3.34. The number of benzene rings is 1. The summed E-state index contributed by atoms with van der Waals surface area (Å²) in [7, 11) is 0. The van der Waals surface area contributed by atoms with E-state index in [1.165, 1.54) is 0 Å². The summed E-state index contributed by atoms with van der Waals surface area (Å²) in [5.74, 6) is 0.233. The van der Waals surface area contributed by atoms with Gasteiger partial charge in [0.15, 0.2) is 0 Å². The van der Waals surface area contributed by atoms with E-state index in [1.54, 1.807) is 17.0 Å². The standard InChI is InChI=1S/C12H14ClNO2/c1-8-2-3-10(4-11(8)13)12(16)14-5-9(6-14)7-15/h2-4,9,15H,5-7H2,1H3. The highest BCUT2D eigenvalue weighted by Crippen LogP contribution is 2.21. The van der Waals surface area contributed by atoms with Crippen LogP contribution in [0.3, 0.4) is 0 Å². The first-order valence-electron chi connectivity index (χ1n) is 5.28. The van der Waals surface area contributed by atoms with Crippen molar-refractivity contribution in [3.05, 3.63) is 34.3 Å². The molecule has 0 radical (unpaired) electrons. The SMILES string of the molecule is Cc1ccc(C(=O)N2CC(CO)C2)cc1Cl. The van der Waals surface area contributed by atoms with Crippen molar-refractivity contribution >= 4 is 17.5 Å². The predicted octanol–water partition coefficient (Wildman–Crippen LogP) is 1.71. The third-order valence-electron chi connectivity index (χ3n) is 2.92. The number of aliphatic hydroxyl groups excluding tert-OH is 1. The minimum absolute atomic E-state index is 0.00778. The topological polar surface area (TPSA) is 40.5 Å². The Labute approximate surface area is 99.6 Å². The number of amides is 1. The summed E-state index contributed by atoms with van der Waals surface area (Å²) in [6.07, 6.45) is 0. The second-order valence-electron chi connectivity index (χ2n) is 4.22. The third kappa shape index (κ3) is 2.06. The van der Waals surface area contributed by atoms with E-state index in [0.717, 1.165) is 5.56 Å². The van der Waals surface area contributed by atoms with Crippen molar-refractivity contribution in [3.63, 3.8) is 0 Å². The van der Waals surface area contributed by atoms with Crippen LogP contribution in [-0.2, 0) is 0 Å². The number of halogens is 1. The van der Waals surface area contributed by atoms with Gasteiger partial charge in [0.1, 0.15) is 0 Å². The maximum atomic E-state index is 11.9. The Kier molecular flexibility index (Phi) is 3.17. The van der Waals surface area contributed by atoms with Gasteiger partial charge in [0, 0.05) is 36.2 Å². The Morgan fingerprint density at radius 2 is 2.25 bits per heavy atom. The Balaban J connectivity index is 2.07. The van der Waals surface area contributed by atoms with Crippen LogP contribution in [-0.4, -0.2) is 35.6 Å². The number of aliphatic hydroxyl groups is 1. The molecule has 0 aliphatic carbocycles. The van der Waals surface area contributed by atoms with E-state index in [2.05, 4.69) is 0 Å². The molecule has 2 rings (SSSR count). The van der Waals surface area contributed by atoms with Gasteiger partial charge in [-0.1, -0.05) is 17.7 Å². The van der Waals surface area contributed by atoms with Gasteiger partial charge in [-0.2, -0.15) is 0 Å². The van der Waals surface area contributed by atoms with Gasteiger partial charge in [-0.3, -0.25) is 4.79 Å². The Morgan fingerprint density at radius 1 is 1.56 bits per heavy atom. The molecule has 4 heteroatoms. The van der Waals surface area contributed by atoms with Crippen LogP contribution in [0.2, 0.25) is 5.02 Å². The molecule has 1 aromatic rings. The number of nitrogens with zero attached hydrogens (tertiary/aromatic N) is 1. The van der Waals surface area contributed by atoms with Crippen molar-refractivity contribution in [2.75, 3.05) is 19.7 Å². The van der Waals surface area contributed by atoms with Crippen LogP contribution in [0.15, 0.2) is 18.2 Å². The summed E-state index contributed by atoms with van der Waals surface area (Å²) in [5.41, 5.74) is 1.59. The van der Waals surface area contributed by atoms with E-state index in [1.807, 2.05) is 13.0 Å². The largest absolute Gasteiger partial charge is 0.396 e. The van der Waals surface area contributed by atoms with Crippen LogP contribution in [0.4, 0.5) is 0 Å². The maximum absolute atomic E-state index is 11.9. The van der Waals surface area contributed by atoms with Crippen molar-refractivity contribution < 1.29 is 9.90 Å². The lowest BCUT2D eigenvalue weighted by Crippen LogP contribution is -2.51. The molecule has 1 heterocycles. The minimum atomic E-state index is -0.00778. The predicted molar refractivity (Wildman–Crippen MR) is 62.7 cm³/mol. The van der Waals surface area contributed by atoms with Gasteiger partial charge in [-0.05, 0) is 24.6 Å². The van der Waals surface area contributed by atoms with E-state index in [0.29, 0.717) is 23.7 Å². The summed E-state index contributed by atoms with van der Waals surface area (Å²) in [5, 5.41) is 9.49. The number of aryl methyl sites for hydroxylation is 1. The number of hydrogen-bond acceptors (Lipinski definition) is 2. The van der Waals surface area contributed by atoms with E-state index in [4.69, 9.17) is 16.7 Å². The fraction of sp³-hybridized carbons (Fsp3) is 0.417. The van der Waals surface area contributed by atoms with Crippen LogP contribution in [0.1, 0.15) is 15.9 Å². The van der Waals surface area contributed by atoms with E-state index in [9.17, 15) is 4.79 Å². The molecule has 0 saturated carbocycles. The van der Waals surface area contributed by atoms with Gasteiger partial charge in [0.05, 0.1) is 0 Å². The number of carbonyl (C=O) groups is 1. The second kappa shape index (κ2) is 4.44. The summed E-state index contributed by atoms with van der Waals surface area (Å²) < 4.78 is 0. The molecular weight excluding hydrogens is 226 g/mol. The summed E-state index contributed by atoms with van der Waals surface area (Å²) in [6, 6.07) is 5.33. The van der Waals surface area contributed by atoms with Crippen LogP contribution in [0.5, 0.6) is 0 Å². The van der Waals surface area contributed by atoms with E-state index < -0.39 is 0 Å². The zero-order chi connectivity index (χ0) is 11.7. The average molecular weight is 240 g/mol. The van der Waals surface area contributed by atoms with Crippen molar-refractivity contribution in [2.45, 2.75) is 6.92 Å². The molecule has 0 bridgehead atoms. The zero-order valence-electron chi connectivity index (χ0n) is 9.11. The van der Waals surface area contributed by atoms with Crippen molar-refractivity contribution in [2.24, 2.45) is 5.92 Å². The molecule has 1 N–H and O–H groups in total. The maximum Gasteiger partial charge on any atom is 0.253 e. The lowest BCUT2D eigenvalue weighted by Gasteiger charge is -2.38. The van der Waals surface area contributed by atoms with Gasteiger partial charge in [0.25, 0.3) is 5.91 Å². The Hall–Kier alpha value is -1.06. The van der Waals surface area contributed by atoms with Crippen molar-refractivity contribution in [1.82, 2.24) is 4.90 Å². The molecule has 0 aromatic heterocycles. The molecule has 3 nitrogen and oxygen atoms in total. The zero-order valence-corrected chi connectivity index (χ0v) is 9.87. The molecule has 1 fully saturated rings. The number of rotatable bonds is 2. The Morgan fingerprint density at radius 3 is 2.81 bits per heavy atom. The molecule has 1 aliphatic rings. The smallest absolute Gasteiger partial charge is 0.253 e. The molecule has 1 saturated heterocycles. The van der Waals surface area contributed by atoms with Gasteiger partial charge >= 0.3 is 0 Å². The first-order valence-corrected chi connectivity index (χ1v) is 5.66. The molecule has 1 amide bonds. The number of likely N-dealkylation sites (tertiary alicyclic amines) is 1. The highest BCUT2D eigenvalue weighted by Gasteiger charge is 2.30. The third-order valence-corrected chi connectivity index (χ3v) is 3.33. The Bertz CT molecular complexity index is 413. The molecule has 1 aliphatic heterocycles. The van der Waals surface area contributed by atoms with Crippen LogP contribution in [0, 0.1) is 12.8 Å². The second-order valence-corrected chi connectivity index (χ2v) is 4.63. The molecule has 16 heavy (non-hydrogen) atoms. The van der Waals surface area contributed by atoms with Gasteiger partial charge in [0.2, 0.25) is 0 Å². The first kappa shape index (κ1) is 11.4. The summed E-state index contributed by atoms with van der Waals surface area (Å²) in [4.78, 5) is 13.7. The monoisotopic (exact) mass is 239 g/mol. The molecule has 0 unspecified atom stereocenters. The molecule has 1 aromatic carbocycles. The number of carbonyl (C=O) groups excluding carboxylic acids is 1. The minimum Gasteiger partial charge on any atom is -0.396 e. The van der Waals surface area contributed by atoms with E-state index in [-0.39, 0.29) is 18.4 Å². The molecule has 86 valence electrons. The van der Waals surface area contributed by atoms with Crippen LogP contribution in [0.25, 0.3) is 0 Å². The molecule has 0 spiro atoms. The van der Waals surface area contributed by atoms with Crippen LogP contribution < -0.4 is 0 Å². The number of hydrogen-bond donors (Lipinski definition) is 1. The fourth-order valence-corrected chi connectivity index (χ4v) is 1.94. The van der Waals surface area contributed by atoms with Gasteiger partial charge < -0.3 is 10.0 Å². The highest BCUT2D eigenvalue weighted by atomic mass is 35.5. The van der Waals surface area contributed by atoms with Crippen LogP contribution >= 0.6 is 11.6 Å². The van der Waals surface area contributed by atoms with Gasteiger partial charge in [-0.25, -0.2) is 0 Å². The normalized spacial score (nSPS) is 16.1. The van der Waals surface area contributed by atoms with Gasteiger partial charge in [-0.15, -0.1) is 0 Å². The average Bonchev–Trinajstić information content (AvgIpc) is 2.20. The first-order chi connectivity index (χ1) is 7.61. The van der Waals surface area contributed by atoms with Crippen molar-refractivity contribution in [1.29, 1.82) is 0 Å². The summed E-state index contributed by atoms with van der Waals surface area (Å²) >= 11 is 5.97. The molecular formula is C12H14ClNO2. The van der Waals surface area contributed by atoms with E-state index >= 15 is 0 Å². The lowest BCUT2D eigenvalue weighted by molar-refractivity contribution is 0.0362. The molecule has 0 atom stereocenters. The quantitative estimate of drug-likeness (QED) is 0.854. The van der Waals surface area contributed by atoms with Crippen molar-refractivity contribution in [3.8, 4) is 0 Å². The highest BCUT2D eigenvalue weighted by molar-refractivity contribution is 6.31.